The second kappa shape index (κ2) is 7.42. The third kappa shape index (κ3) is 4.10. The van der Waals surface area contributed by atoms with Crippen LogP contribution in [0.15, 0.2) is 48.1 Å². The van der Waals surface area contributed by atoms with Gasteiger partial charge in [-0.15, -0.1) is 11.3 Å². The van der Waals surface area contributed by atoms with Crippen LogP contribution in [0.3, 0.4) is 0 Å². The number of amides is 1. The molecule has 0 fully saturated rings. The molecule has 0 aliphatic rings. The van der Waals surface area contributed by atoms with Gasteiger partial charge in [0.05, 0.1) is 5.69 Å². The van der Waals surface area contributed by atoms with Gasteiger partial charge in [-0.1, -0.05) is 11.6 Å². The molecule has 0 bridgehead atoms. The fourth-order valence-electron chi connectivity index (χ4n) is 1.99. The number of ether oxygens (including phenoxy) is 1. The van der Waals surface area contributed by atoms with Crippen LogP contribution in [0.25, 0.3) is 11.3 Å². The Bertz CT molecular complexity index is 852. The van der Waals surface area contributed by atoms with E-state index in [0.29, 0.717) is 15.9 Å². The largest absolute Gasteiger partial charge is 0.484 e. The Morgan fingerprint density at radius 3 is 3.00 bits per heavy atom. The lowest BCUT2D eigenvalue weighted by atomic mass is 10.2. The molecule has 3 rings (SSSR count). The highest BCUT2D eigenvalue weighted by atomic mass is 35.5. The van der Waals surface area contributed by atoms with Gasteiger partial charge in [0.1, 0.15) is 5.75 Å². The third-order valence-electron chi connectivity index (χ3n) is 3.21. The first-order valence-electron chi connectivity index (χ1n) is 7.16. The van der Waals surface area contributed by atoms with Crippen LogP contribution >= 0.6 is 22.9 Å². The summed E-state index contributed by atoms with van der Waals surface area (Å²) in [5.41, 5.74) is 2.58. The number of nitrogens with zero attached hydrogens (tertiary/aromatic N) is 2. The molecule has 1 N–H and O–H groups in total. The third-order valence-corrected chi connectivity index (χ3v) is 4.39. The number of thiazole rings is 1. The molecule has 0 saturated carbocycles. The lowest BCUT2D eigenvalue weighted by molar-refractivity contribution is -0.118. The number of carbonyl (C=O) groups is 1. The zero-order valence-electron chi connectivity index (χ0n) is 12.8. The first kappa shape index (κ1) is 16.4. The molecule has 7 heteroatoms. The Morgan fingerprint density at radius 2 is 2.25 bits per heavy atom. The maximum atomic E-state index is 12.0. The van der Waals surface area contributed by atoms with Crippen molar-refractivity contribution in [3.05, 3.63) is 58.7 Å². The van der Waals surface area contributed by atoms with Crippen molar-refractivity contribution in [2.24, 2.45) is 0 Å². The minimum absolute atomic E-state index is 0.0944. The van der Waals surface area contributed by atoms with Gasteiger partial charge in [-0.05, 0) is 42.8 Å². The van der Waals surface area contributed by atoms with Crippen molar-refractivity contribution in [3.8, 4) is 17.0 Å². The number of pyridine rings is 1. The Morgan fingerprint density at radius 1 is 1.38 bits per heavy atom. The minimum Gasteiger partial charge on any atom is -0.484 e. The summed E-state index contributed by atoms with van der Waals surface area (Å²) in [4.78, 5) is 20.4. The van der Waals surface area contributed by atoms with Crippen molar-refractivity contribution in [2.45, 2.75) is 6.92 Å². The van der Waals surface area contributed by atoms with E-state index >= 15 is 0 Å². The van der Waals surface area contributed by atoms with E-state index in [9.17, 15) is 4.79 Å². The average Bonchev–Trinajstić information content (AvgIpc) is 3.05. The normalized spacial score (nSPS) is 10.4. The summed E-state index contributed by atoms with van der Waals surface area (Å²) in [6, 6.07) is 9.02. The summed E-state index contributed by atoms with van der Waals surface area (Å²) in [6.07, 6.45) is 3.43. The highest BCUT2D eigenvalue weighted by molar-refractivity contribution is 7.14. The minimum atomic E-state index is -0.269. The van der Waals surface area contributed by atoms with Crippen molar-refractivity contribution in [2.75, 3.05) is 11.9 Å². The van der Waals surface area contributed by atoms with E-state index < -0.39 is 0 Å². The van der Waals surface area contributed by atoms with Crippen LogP contribution in [0.1, 0.15) is 5.56 Å². The molecular weight excluding hydrogens is 346 g/mol. The molecule has 0 atom stereocenters. The Labute approximate surface area is 148 Å². The van der Waals surface area contributed by atoms with Gasteiger partial charge >= 0.3 is 0 Å². The van der Waals surface area contributed by atoms with Crippen LogP contribution in [0.2, 0.25) is 5.02 Å². The molecule has 2 heterocycles. The molecule has 122 valence electrons. The van der Waals surface area contributed by atoms with E-state index in [-0.39, 0.29) is 12.5 Å². The van der Waals surface area contributed by atoms with E-state index in [4.69, 9.17) is 16.3 Å². The lowest BCUT2D eigenvalue weighted by Crippen LogP contribution is -2.20. The molecular formula is C17H14ClN3O2S. The topological polar surface area (TPSA) is 64.1 Å². The molecule has 2 aromatic heterocycles. The number of benzene rings is 1. The van der Waals surface area contributed by atoms with Gasteiger partial charge in [0, 0.05) is 28.4 Å². The molecule has 0 spiro atoms. The fourth-order valence-corrected chi connectivity index (χ4v) is 2.84. The predicted octanol–water partition coefficient (Wildman–Crippen LogP) is 4.18. The van der Waals surface area contributed by atoms with E-state index in [2.05, 4.69) is 15.3 Å². The number of halogens is 1. The molecule has 0 radical (unpaired) electrons. The quantitative estimate of drug-likeness (QED) is 0.742. The highest BCUT2D eigenvalue weighted by Crippen LogP contribution is 2.24. The number of carbonyl (C=O) groups excluding carboxylic acids is 1. The second-order valence-corrected chi connectivity index (χ2v) is 6.29. The number of aryl methyl sites for hydroxylation is 1. The van der Waals surface area contributed by atoms with E-state index in [1.54, 1.807) is 30.6 Å². The summed E-state index contributed by atoms with van der Waals surface area (Å²) in [5.74, 6) is 0.330. The maximum absolute atomic E-state index is 12.0. The second-order valence-electron chi connectivity index (χ2n) is 5.03. The fraction of sp³-hybridized carbons (Fsp3) is 0.118. The van der Waals surface area contributed by atoms with Gasteiger partial charge in [0.15, 0.2) is 11.7 Å². The zero-order chi connectivity index (χ0) is 16.9. The summed E-state index contributed by atoms with van der Waals surface area (Å²) < 4.78 is 5.46. The maximum Gasteiger partial charge on any atom is 0.264 e. The van der Waals surface area contributed by atoms with Gasteiger partial charge in [-0.25, -0.2) is 4.98 Å². The van der Waals surface area contributed by atoms with Crippen LogP contribution in [0.5, 0.6) is 5.75 Å². The number of hydrogen-bond donors (Lipinski definition) is 1. The summed E-state index contributed by atoms with van der Waals surface area (Å²) in [5, 5.41) is 5.78. The van der Waals surface area contributed by atoms with Crippen LogP contribution in [0.4, 0.5) is 5.13 Å². The molecule has 0 saturated heterocycles. The molecule has 5 nitrogen and oxygen atoms in total. The number of rotatable bonds is 5. The molecule has 0 aliphatic heterocycles. The Balaban J connectivity index is 1.57. The summed E-state index contributed by atoms with van der Waals surface area (Å²) >= 11 is 7.31. The SMILES string of the molecule is Cc1cc(OCC(=O)Nc2nc(-c3cccnc3)cs2)ccc1Cl. The lowest BCUT2D eigenvalue weighted by Gasteiger charge is -2.07. The van der Waals surface area contributed by atoms with Crippen LogP contribution in [-0.4, -0.2) is 22.5 Å². The van der Waals surface area contributed by atoms with Crippen LogP contribution < -0.4 is 10.1 Å². The first-order chi connectivity index (χ1) is 11.6. The molecule has 24 heavy (non-hydrogen) atoms. The average molecular weight is 360 g/mol. The summed E-state index contributed by atoms with van der Waals surface area (Å²) in [7, 11) is 0. The van der Waals surface area contributed by atoms with Gasteiger partial charge in [-0.3, -0.25) is 15.1 Å². The standard InChI is InChI=1S/C17H14ClN3O2S/c1-11-7-13(4-5-14(11)18)23-9-16(22)21-17-20-15(10-24-17)12-3-2-6-19-8-12/h2-8,10H,9H2,1H3,(H,20,21,22). The Hall–Kier alpha value is -2.44. The van der Waals surface area contributed by atoms with Crippen molar-refractivity contribution in [1.82, 2.24) is 9.97 Å². The van der Waals surface area contributed by atoms with Crippen LogP contribution in [0, 0.1) is 6.92 Å². The molecule has 0 aliphatic carbocycles. The number of hydrogen-bond acceptors (Lipinski definition) is 5. The molecule has 3 aromatic rings. The highest BCUT2D eigenvalue weighted by Gasteiger charge is 2.09. The number of anilines is 1. The van der Waals surface area contributed by atoms with E-state index in [0.717, 1.165) is 16.8 Å². The summed E-state index contributed by atoms with van der Waals surface area (Å²) in [6.45, 7) is 1.79. The van der Waals surface area contributed by atoms with Crippen LogP contribution in [-0.2, 0) is 4.79 Å². The van der Waals surface area contributed by atoms with Crippen molar-refractivity contribution < 1.29 is 9.53 Å². The molecule has 0 unspecified atom stereocenters. The number of nitrogens with one attached hydrogen (secondary N) is 1. The van der Waals surface area contributed by atoms with Gasteiger partial charge in [0.2, 0.25) is 0 Å². The number of aromatic nitrogens is 2. The first-order valence-corrected chi connectivity index (χ1v) is 8.42. The van der Waals surface area contributed by atoms with E-state index in [1.165, 1.54) is 11.3 Å². The van der Waals surface area contributed by atoms with Gasteiger partial charge in [0.25, 0.3) is 5.91 Å². The molecule has 1 aromatic carbocycles. The molecule has 1 amide bonds. The smallest absolute Gasteiger partial charge is 0.264 e. The van der Waals surface area contributed by atoms with E-state index in [1.807, 2.05) is 24.4 Å². The van der Waals surface area contributed by atoms with Gasteiger partial charge in [-0.2, -0.15) is 0 Å². The van der Waals surface area contributed by atoms with Crippen molar-refractivity contribution in [1.29, 1.82) is 0 Å². The predicted molar refractivity (Wildman–Crippen MR) is 95.7 cm³/mol. The monoisotopic (exact) mass is 359 g/mol. The zero-order valence-corrected chi connectivity index (χ0v) is 14.4. The van der Waals surface area contributed by atoms with Crippen molar-refractivity contribution >= 4 is 34.0 Å². The Kier molecular flexibility index (Phi) is 5.08. The van der Waals surface area contributed by atoms with Crippen molar-refractivity contribution in [3.63, 3.8) is 0 Å². The van der Waals surface area contributed by atoms with Gasteiger partial charge < -0.3 is 4.74 Å².